The molecule has 0 spiro atoms. The number of carbonyl (C=O) groups is 2. The monoisotopic (exact) mass is 274 g/mol. The van der Waals surface area contributed by atoms with Crippen LogP contribution in [0.4, 0.5) is 5.82 Å². The topological polar surface area (TPSA) is 115 Å². The molecule has 0 saturated heterocycles. The van der Waals surface area contributed by atoms with E-state index in [1.807, 2.05) is 6.07 Å². The maximum atomic E-state index is 11.4. The highest BCUT2D eigenvalue weighted by molar-refractivity contribution is 5.84. The molecular weight excluding hydrogens is 260 g/mol. The van der Waals surface area contributed by atoms with Crippen LogP contribution in [0, 0.1) is 11.3 Å². The molecule has 20 heavy (non-hydrogen) atoms. The molecular formula is C13H14N4O3. The van der Waals surface area contributed by atoms with Gasteiger partial charge in [0.05, 0.1) is 12.1 Å². The molecule has 1 heterocycles. The lowest BCUT2D eigenvalue weighted by Crippen LogP contribution is -2.34. The van der Waals surface area contributed by atoms with Crippen molar-refractivity contribution < 1.29 is 14.7 Å². The SMILES string of the molecule is N#Cc1cc2c(nc1NCC(=O)NCC(=O)O)CCC2. The highest BCUT2D eigenvalue weighted by atomic mass is 16.4. The zero-order valence-corrected chi connectivity index (χ0v) is 10.8. The number of carbonyl (C=O) groups excluding carboxylic acids is 1. The number of hydrogen-bond acceptors (Lipinski definition) is 5. The number of aliphatic carboxylic acids is 1. The highest BCUT2D eigenvalue weighted by Gasteiger charge is 2.16. The minimum atomic E-state index is -1.10. The molecule has 7 heteroatoms. The van der Waals surface area contributed by atoms with Gasteiger partial charge in [-0.2, -0.15) is 5.26 Å². The van der Waals surface area contributed by atoms with E-state index in [0.717, 1.165) is 30.5 Å². The number of pyridine rings is 1. The second kappa shape index (κ2) is 6.02. The molecule has 0 saturated carbocycles. The summed E-state index contributed by atoms with van der Waals surface area (Å²) in [5, 5.41) is 22.5. The van der Waals surface area contributed by atoms with Gasteiger partial charge in [-0.15, -0.1) is 0 Å². The lowest BCUT2D eigenvalue weighted by Gasteiger charge is -2.09. The molecule has 0 aliphatic heterocycles. The fourth-order valence-corrected chi connectivity index (χ4v) is 2.09. The number of nitriles is 1. The van der Waals surface area contributed by atoms with E-state index in [1.165, 1.54) is 0 Å². The third-order valence-electron chi connectivity index (χ3n) is 3.02. The van der Waals surface area contributed by atoms with E-state index in [1.54, 1.807) is 6.07 Å². The van der Waals surface area contributed by atoms with Gasteiger partial charge in [0, 0.05) is 5.69 Å². The molecule has 7 nitrogen and oxygen atoms in total. The Bertz CT molecular complexity index is 592. The molecule has 0 radical (unpaired) electrons. The van der Waals surface area contributed by atoms with Gasteiger partial charge in [-0.25, -0.2) is 4.98 Å². The zero-order valence-electron chi connectivity index (χ0n) is 10.8. The number of aryl methyl sites for hydroxylation is 2. The summed E-state index contributed by atoms with van der Waals surface area (Å²) >= 11 is 0. The molecule has 3 N–H and O–H groups in total. The van der Waals surface area contributed by atoms with Crippen LogP contribution in [0.15, 0.2) is 6.07 Å². The van der Waals surface area contributed by atoms with Crippen molar-refractivity contribution in [3.05, 3.63) is 22.9 Å². The summed E-state index contributed by atoms with van der Waals surface area (Å²) < 4.78 is 0. The van der Waals surface area contributed by atoms with Crippen LogP contribution in [0.25, 0.3) is 0 Å². The average Bonchev–Trinajstić information content (AvgIpc) is 2.88. The normalized spacial score (nSPS) is 12.3. The first kappa shape index (κ1) is 13.8. The third kappa shape index (κ3) is 3.23. The van der Waals surface area contributed by atoms with E-state index in [4.69, 9.17) is 10.4 Å². The number of aromatic nitrogens is 1. The lowest BCUT2D eigenvalue weighted by molar-refractivity contribution is -0.137. The van der Waals surface area contributed by atoms with Gasteiger partial charge in [0.15, 0.2) is 0 Å². The minimum absolute atomic E-state index is 0.117. The van der Waals surface area contributed by atoms with Crippen molar-refractivity contribution in [1.29, 1.82) is 5.26 Å². The maximum Gasteiger partial charge on any atom is 0.322 e. The fourth-order valence-electron chi connectivity index (χ4n) is 2.09. The predicted octanol–water partition coefficient (Wildman–Crippen LogP) is 0.0547. The highest BCUT2D eigenvalue weighted by Crippen LogP contribution is 2.24. The van der Waals surface area contributed by atoms with Crippen molar-refractivity contribution in [2.75, 3.05) is 18.4 Å². The second-order valence-corrected chi connectivity index (χ2v) is 4.48. The molecule has 0 atom stereocenters. The van der Waals surface area contributed by atoms with Crippen molar-refractivity contribution in [3.63, 3.8) is 0 Å². The van der Waals surface area contributed by atoms with Gasteiger partial charge in [0.2, 0.25) is 5.91 Å². The third-order valence-corrected chi connectivity index (χ3v) is 3.02. The molecule has 0 fully saturated rings. The number of hydrogen-bond donors (Lipinski definition) is 3. The molecule has 2 rings (SSSR count). The summed E-state index contributed by atoms with van der Waals surface area (Å²) in [7, 11) is 0. The first-order chi connectivity index (χ1) is 9.60. The first-order valence-electron chi connectivity index (χ1n) is 6.25. The summed E-state index contributed by atoms with van der Waals surface area (Å²) in [6.45, 7) is -0.545. The van der Waals surface area contributed by atoms with Crippen LogP contribution >= 0.6 is 0 Å². The number of carboxylic acids is 1. The number of rotatable bonds is 5. The molecule has 0 aromatic carbocycles. The first-order valence-corrected chi connectivity index (χ1v) is 6.25. The second-order valence-electron chi connectivity index (χ2n) is 4.48. The number of carboxylic acid groups (broad SMARTS) is 1. The number of nitrogens with zero attached hydrogens (tertiary/aromatic N) is 2. The summed E-state index contributed by atoms with van der Waals surface area (Å²) in [5.74, 6) is -1.19. The molecule has 0 bridgehead atoms. The Morgan fingerprint density at radius 2 is 2.20 bits per heavy atom. The van der Waals surface area contributed by atoms with E-state index in [2.05, 4.69) is 15.6 Å². The minimum Gasteiger partial charge on any atom is -0.480 e. The van der Waals surface area contributed by atoms with Crippen molar-refractivity contribution in [2.45, 2.75) is 19.3 Å². The van der Waals surface area contributed by atoms with Gasteiger partial charge in [-0.05, 0) is 30.9 Å². The van der Waals surface area contributed by atoms with Crippen molar-refractivity contribution in [3.8, 4) is 6.07 Å². The largest absolute Gasteiger partial charge is 0.480 e. The number of fused-ring (bicyclic) bond motifs is 1. The Kier molecular flexibility index (Phi) is 4.15. The summed E-state index contributed by atoms with van der Waals surface area (Å²) in [6.07, 6.45) is 2.83. The van der Waals surface area contributed by atoms with E-state index in [-0.39, 0.29) is 6.54 Å². The number of nitrogens with one attached hydrogen (secondary N) is 2. The van der Waals surface area contributed by atoms with Gasteiger partial charge in [0.25, 0.3) is 0 Å². The van der Waals surface area contributed by atoms with Crippen LogP contribution in [0.1, 0.15) is 23.2 Å². The Balaban J connectivity index is 2.01. The average molecular weight is 274 g/mol. The molecule has 1 amide bonds. The Morgan fingerprint density at radius 3 is 2.90 bits per heavy atom. The van der Waals surface area contributed by atoms with Crippen LogP contribution in [0.3, 0.4) is 0 Å². The van der Waals surface area contributed by atoms with Gasteiger partial charge in [-0.1, -0.05) is 0 Å². The van der Waals surface area contributed by atoms with E-state index in [9.17, 15) is 9.59 Å². The molecule has 1 aromatic heterocycles. The Labute approximate surface area is 115 Å². The van der Waals surface area contributed by atoms with Gasteiger partial charge in [-0.3, -0.25) is 9.59 Å². The smallest absolute Gasteiger partial charge is 0.322 e. The molecule has 104 valence electrons. The van der Waals surface area contributed by atoms with E-state index in [0.29, 0.717) is 11.4 Å². The number of anilines is 1. The van der Waals surface area contributed by atoms with E-state index < -0.39 is 18.4 Å². The Morgan fingerprint density at radius 1 is 1.40 bits per heavy atom. The standard InChI is InChI=1S/C13H14N4O3/c14-5-9-4-8-2-1-3-10(8)17-13(9)16-6-11(18)15-7-12(19)20/h4H,1-3,6-7H2,(H,15,18)(H,16,17)(H,19,20). The summed E-state index contributed by atoms with van der Waals surface area (Å²) in [6, 6.07) is 3.85. The van der Waals surface area contributed by atoms with Gasteiger partial charge in [0.1, 0.15) is 18.4 Å². The van der Waals surface area contributed by atoms with Crippen LogP contribution in [0.2, 0.25) is 0 Å². The van der Waals surface area contributed by atoms with Crippen molar-refractivity contribution in [2.24, 2.45) is 0 Å². The number of amides is 1. The van der Waals surface area contributed by atoms with Crippen molar-refractivity contribution >= 4 is 17.7 Å². The molecule has 1 aromatic rings. The van der Waals surface area contributed by atoms with Crippen LogP contribution in [-0.4, -0.2) is 35.1 Å². The van der Waals surface area contributed by atoms with Crippen LogP contribution < -0.4 is 10.6 Å². The molecule has 0 unspecified atom stereocenters. The maximum absolute atomic E-state index is 11.4. The zero-order chi connectivity index (χ0) is 14.5. The summed E-state index contributed by atoms with van der Waals surface area (Å²) in [4.78, 5) is 26.1. The summed E-state index contributed by atoms with van der Waals surface area (Å²) in [5.41, 5.74) is 2.44. The van der Waals surface area contributed by atoms with Gasteiger partial charge >= 0.3 is 5.97 Å². The van der Waals surface area contributed by atoms with Gasteiger partial charge < -0.3 is 15.7 Å². The van der Waals surface area contributed by atoms with Crippen molar-refractivity contribution in [1.82, 2.24) is 10.3 Å². The fraction of sp³-hybridized carbons (Fsp3) is 0.385. The predicted molar refractivity (Wildman–Crippen MR) is 70.1 cm³/mol. The molecule has 1 aliphatic rings. The Hall–Kier alpha value is -2.62. The quantitative estimate of drug-likeness (QED) is 0.699. The van der Waals surface area contributed by atoms with Crippen LogP contribution in [-0.2, 0) is 22.4 Å². The molecule has 1 aliphatic carbocycles. The van der Waals surface area contributed by atoms with E-state index >= 15 is 0 Å². The lowest BCUT2D eigenvalue weighted by atomic mass is 10.1. The van der Waals surface area contributed by atoms with Crippen LogP contribution in [0.5, 0.6) is 0 Å².